The van der Waals surface area contributed by atoms with E-state index in [0.717, 1.165) is 48.6 Å². The zero-order valence-corrected chi connectivity index (χ0v) is 11.4. The van der Waals surface area contributed by atoms with Gasteiger partial charge in [-0.1, -0.05) is 13.8 Å². The molecule has 1 aromatic carbocycles. The standard InChI is InChI=1S/C15H21NO2/c1-4-8-17-12-6-7-14-13(9-12)11(3)15(18-14)10-16-5-2/h6-7,9,16H,4-5,8,10H2,1-3H3. The third-order valence-electron chi connectivity index (χ3n) is 3.01. The summed E-state index contributed by atoms with van der Waals surface area (Å²) in [6, 6.07) is 6.03. The van der Waals surface area contributed by atoms with Crippen LogP contribution in [0.5, 0.6) is 5.75 Å². The quantitative estimate of drug-likeness (QED) is 0.846. The molecule has 0 bridgehead atoms. The second kappa shape index (κ2) is 5.91. The van der Waals surface area contributed by atoms with E-state index in [1.165, 1.54) is 5.56 Å². The first-order valence-electron chi connectivity index (χ1n) is 6.61. The average Bonchev–Trinajstić information content (AvgIpc) is 2.71. The van der Waals surface area contributed by atoms with Crippen molar-refractivity contribution in [2.45, 2.75) is 33.7 Å². The summed E-state index contributed by atoms with van der Waals surface area (Å²) in [4.78, 5) is 0. The number of furan rings is 1. The Morgan fingerprint density at radius 1 is 1.28 bits per heavy atom. The Bertz CT molecular complexity index is 516. The Morgan fingerprint density at radius 3 is 2.83 bits per heavy atom. The van der Waals surface area contributed by atoms with Crippen molar-refractivity contribution >= 4 is 11.0 Å². The summed E-state index contributed by atoms with van der Waals surface area (Å²) in [5.41, 5.74) is 2.14. The van der Waals surface area contributed by atoms with Crippen LogP contribution in [-0.4, -0.2) is 13.2 Å². The molecule has 1 aromatic heterocycles. The first-order chi connectivity index (χ1) is 8.76. The van der Waals surface area contributed by atoms with Gasteiger partial charge >= 0.3 is 0 Å². The van der Waals surface area contributed by atoms with E-state index in [2.05, 4.69) is 32.2 Å². The molecule has 0 aliphatic carbocycles. The molecule has 0 radical (unpaired) electrons. The fourth-order valence-electron chi connectivity index (χ4n) is 1.97. The molecule has 3 heteroatoms. The highest BCUT2D eigenvalue weighted by molar-refractivity contribution is 5.83. The highest BCUT2D eigenvalue weighted by Gasteiger charge is 2.10. The molecule has 18 heavy (non-hydrogen) atoms. The zero-order valence-electron chi connectivity index (χ0n) is 11.4. The van der Waals surface area contributed by atoms with E-state index in [0.29, 0.717) is 0 Å². The van der Waals surface area contributed by atoms with Crippen molar-refractivity contribution < 1.29 is 9.15 Å². The minimum atomic E-state index is 0.757. The number of ether oxygens (including phenoxy) is 1. The van der Waals surface area contributed by atoms with Crippen LogP contribution >= 0.6 is 0 Å². The van der Waals surface area contributed by atoms with E-state index in [9.17, 15) is 0 Å². The van der Waals surface area contributed by atoms with Gasteiger partial charge in [0.25, 0.3) is 0 Å². The van der Waals surface area contributed by atoms with Gasteiger partial charge in [0.1, 0.15) is 17.1 Å². The van der Waals surface area contributed by atoms with E-state index < -0.39 is 0 Å². The number of fused-ring (bicyclic) bond motifs is 1. The SMILES string of the molecule is CCCOc1ccc2oc(CNCC)c(C)c2c1. The van der Waals surface area contributed by atoms with Crippen molar-refractivity contribution in [1.82, 2.24) is 5.32 Å². The lowest BCUT2D eigenvalue weighted by Crippen LogP contribution is -2.11. The Balaban J connectivity index is 2.28. The number of benzene rings is 1. The van der Waals surface area contributed by atoms with Crippen molar-refractivity contribution in [3.63, 3.8) is 0 Å². The summed E-state index contributed by atoms with van der Waals surface area (Å²) in [7, 11) is 0. The van der Waals surface area contributed by atoms with Gasteiger partial charge in [0, 0.05) is 5.39 Å². The summed E-state index contributed by atoms with van der Waals surface area (Å²) < 4.78 is 11.5. The molecule has 3 nitrogen and oxygen atoms in total. The second-order valence-corrected chi connectivity index (χ2v) is 4.44. The lowest BCUT2D eigenvalue weighted by molar-refractivity contribution is 0.318. The predicted octanol–water partition coefficient (Wildman–Crippen LogP) is 3.64. The van der Waals surface area contributed by atoms with Crippen molar-refractivity contribution in [3.05, 3.63) is 29.5 Å². The van der Waals surface area contributed by atoms with Gasteiger partial charge in [0.2, 0.25) is 0 Å². The summed E-state index contributed by atoms with van der Waals surface area (Å²) in [6.07, 6.45) is 1.02. The van der Waals surface area contributed by atoms with Gasteiger partial charge in [0.15, 0.2) is 0 Å². The van der Waals surface area contributed by atoms with E-state index in [-0.39, 0.29) is 0 Å². The zero-order chi connectivity index (χ0) is 13.0. The summed E-state index contributed by atoms with van der Waals surface area (Å²) in [6.45, 7) is 8.78. The minimum absolute atomic E-state index is 0.757. The van der Waals surface area contributed by atoms with Gasteiger partial charge < -0.3 is 14.5 Å². The van der Waals surface area contributed by atoms with E-state index in [1.807, 2.05) is 12.1 Å². The van der Waals surface area contributed by atoms with Gasteiger partial charge in [-0.2, -0.15) is 0 Å². The molecule has 1 heterocycles. The van der Waals surface area contributed by atoms with Gasteiger partial charge in [0.05, 0.1) is 13.2 Å². The summed E-state index contributed by atoms with van der Waals surface area (Å²) >= 11 is 0. The van der Waals surface area contributed by atoms with Gasteiger partial charge in [-0.05, 0) is 43.7 Å². The van der Waals surface area contributed by atoms with Crippen molar-refractivity contribution in [2.24, 2.45) is 0 Å². The molecule has 0 fully saturated rings. The predicted molar refractivity (Wildman–Crippen MR) is 74.1 cm³/mol. The molecule has 0 aliphatic rings. The Hall–Kier alpha value is -1.48. The molecule has 2 aromatic rings. The Kier molecular flexibility index (Phi) is 4.26. The van der Waals surface area contributed by atoms with Crippen LogP contribution in [0.1, 0.15) is 31.6 Å². The average molecular weight is 247 g/mol. The molecular weight excluding hydrogens is 226 g/mol. The maximum atomic E-state index is 5.84. The number of nitrogens with one attached hydrogen (secondary N) is 1. The van der Waals surface area contributed by atoms with E-state index in [4.69, 9.17) is 9.15 Å². The summed E-state index contributed by atoms with van der Waals surface area (Å²) in [5, 5.41) is 4.44. The van der Waals surface area contributed by atoms with Crippen molar-refractivity contribution in [3.8, 4) is 5.75 Å². The third kappa shape index (κ3) is 2.67. The smallest absolute Gasteiger partial charge is 0.134 e. The molecule has 98 valence electrons. The van der Waals surface area contributed by atoms with Crippen LogP contribution in [0, 0.1) is 6.92 Å². The Labute approximate surface area is 108 Å². The van der Waals surface area contributed by atoms with Crippen LogP contribution < -0.4 is 10.1 Å². The van der Waals surface area contributed by atoms with E-state index in [1.54, 1.807) is 0 Å². The molecule has 2 rings (SSSR count). The monoisotopic (exact) mass is 247 g/mol. The number of hydrogen-bond donors (Lipinski definition) is 1. The topological polar surface area (TPSA) is 34.4 Å². The van der Waals surface area contributed by atoms with Crippen LogP contribution in [0.15, 0.2) is 22.6 Å². The summed E-state index contributed by atoms with van der Waals surface area (Å²) in [5.74, 6) is 1.93. The first kappa shape index (κ1) is 13.0. The largest absolute Gasteiger partial charge is 0.494 e. The molecule has 0 aliphatic heterocycles. The number of aryl methyl sites for hydroxylation is 1. The van der Waals surface area contributed by atoms with Gasteiger partial charge in [-0.15, -0.1) is 0 Å². The van der Waals surface area contributed by atoms with Crippen LogP contribution in [0.4, 0.5) is 0 Å². The molecule has 0 saturated heterocycles. The van der Waals surface area contributed by atoms with Crippen LogP contribution in [0.25, 0.3) is 11.0 Å². The maximum Gasteiger partial charge on any atom is 0.134 e. The fourth-order valence-corrected chi connectivity index (χ4v) is 1.97. The van der Waals surface area contributed by atoms with Crippen molar-refractivity contribution in [1.29, 1.82) is 0 Å². The number of hydrogen-bond acceptors (Lipinski definition) is 3. The fraction of sp³-hybridized carbons (Fsp3) is 0.467. The molecular formula is C15H21NO2. The van der Waals surface area contributed by atoms with Crippen molar-refractivity contribution in [2.75, 3.05) is 13.2 Å². The molecule has 1 N–H and O–H groups in total. The number of rotatable bonds is 6. The van der Waals surface area contributed by atoms with Crippen LogP contribution in [0.2, 0.25) is 0 Å². The first-order valence-corrected chi connectivity index (χ1v) is 6.61. The molecule has 0 spiro atoms. The third-order valence-corrected chi connectivity index (χ3v) is 3.01. The normalized spacial score (nSPS) is 11.1. The van der Waals surface area contributed by atoms with Crippen LogP contribution in [-0.2, 0) is 6.54 Å². The van der Waals surface area contributed by atoms with Crippen LogP contribution in [0.3, 0.4) is 0 Å². The molecule has 0 atom stereocenters. The highest BCUT2D eigenvalue weighted by atomic mass is 16.5. The van der Waals surface area contributed by atoms with Gasteiger partial charge in [-0.3, -0.25) is 0 Å². The van der Waals surface area contributed by atoms with Gasteiger partial charge in [-0.25, -0.2) is 0 Å². The Morgan fingerprint density at radius 2 is 2.11 bits per heavy atom. The lowest BCUT2D eigenvalue weighted by atomic mass is 10.1. The molecule has 0 saturated carbocycles. The lowest BCUT2D eigenvalue weighted by Gasteiger charge is -2.03. The molecule has 0 unspecified atom stereocenters. The maximum absolute atomic E-state index is 5.84. The second-order valence-electron chi connectivity index (χ2n) is 4.44. The molecule has 0 amide bonds. The minimum Gasteiger partial charge on any atom is -0.494 e. The highest BCUT2D eigenvalue weighted by Crippen LogP contribution is 2.28. The van der Waals surface area contributed by atoms with E-state index >= 15 is 0 Å².